The van der Waals surface area contributed by atoms with Gasteiger partial charge in [0.05, 0.1) is 17.1 Å². The molecule has 0 aliphatic rings. The Morgan fingerprint density at radius 2 is 2.16 bits per heavy atom. The Bertz CT molecular complexity index is 715. The van der Waals surface area contributed by atoms with Crippen LogP contribution in [0.4, 0.5) is 5.69 Å². The molecule has 1 N–H and O–H groups in total. The third kappa shape index (κ3) is 2.73. The van der Waals surface area contributed by atoms with Crippen LogP contribution in [0.3, 0.4) is 0 Å². The van der Waals surface area contributed by atoms with E-state index in [-0.39, 0.29) is 0 Å². The number of pyridine rings is 1. The summed E-state index contributed by atoms with van der Waals surface area (Å²) in [7, 11) is 0. The number of anilines is 1. The first kappa shape index (κ1) is 12.8. The monoisotopic (exact) mass is 353 g/mol. The quantitative estimate of drug-likeness (QED) is 0.739. The number of halogens is 2. The molecule has 3 rings (SSSR count). The van der Waals surface area contributed by atoms with Crippen molar-refractivity contribution in [3.05, 3.63) is 50.5 Å². The third-order valence-corrected chi connectivity index (χ3v) is 4.20. The van der Waals surface area contributed by atoms with Crippen molar-refractivity contribution >= 4 is 55.5 Å². The molecule has 96 valence electrons. The lowest BCUT2D eigenvalue weighted by Crippen LogP contribution is -2.00. The van der Waals surface area contributed by atoms with Crippen LogP contribution in [0.2, 0.25) is 5.02 Å². The number of hydrogen-bond acceptors (Lipinski definition) is 4. The highest BCUT2D eigenvalue weighted by Gasteiger charge is 2.07. The normalized spacial score (nSPS) is 10.8. The van der Waals surface area contributed by atoms with Crippen LogP contribution in [0.15, 0.2) is 40.4 Å². The molecule has 2 heterocycles. The Hall–Kier alpha value is -1.17. The summed E-state index contributed by atoms with van der Waals surface area (Å²) in [6, 6.07) is 5.80. The van der Waals surface area contributed by atoms with Gasteiger partial charge in [0.15, 0.2) is 0 Å². The van der Waals surface area contributed by atoms with E-state index in [0.29, 0.717) is 11.6 Å². The topological polar surface area (TPSA) is 37.8 Å². The van der Waals surface area contributed by atoms with Gasteiger partial charge < -0.3 is 5.32 Å². The molecular formula is C13H9BrClN3S. The number of nitrogens with one attached hydrogen (secondary N) is 1. The molecule has 6 heteroatoms. The van der Waals surface area contributed by atoms with E-state index in [4.69, 9.17) is 11.6 Å². The van der Waals surface area contributed by atoms with E-state index in [2.05, 4.69) is 31.2 Å². The second kappa shape index (κ2) is 5.45. The highest BCUT2D eigenvalue weighted by molar-refractivity contribution is 9.10. The lowest BCUT2D eigenvalue weighted by atomic mass is 10.2. The van der Waals surface area contributed by atoms with E-state index < -0.39 is 0 Å². The fraction of sp³-hybridized carbons (Fsp3) is 0.0769. The van der Waals surface area contributed by atoms with Gasteiger partial charge >= 0.3 is 0 Å². The summed E-state index contributed by atoms with van der Waals surface area (Å²) >= 11 is 11.3. The minimum absolute atomic E-state index is 0.641. The summed E-state index contributed by atoms with van der Waals surface area (Å²) in [5, 5.41) is 8.03. The summed E-state index contributed by atoms with van der Waals surface area (Å²) in [6.45, 7) is 0.695. The van der Waals surface area contributed by atoms with Crippen LogP contribution in [0, 0.1) is 0 Å². The smallest absolute Gasteiger partial charge is 0.112 e. The molecule has 0 saturated carbocycles. The molecular weight excluding hydrogens is 346 g/mol. The molecule has 3 nitrogen and oxygen atoms in total. The Morgan fingerprint density at radius 1 is 1.26 bits per heavy atom. The first-order valence-electron chi connectivity index (χ1n) is 5.60. The number of aromatic nitrogens is 2. The maximum absolute atomic E-state index is 6.20. The van der Waals surface area contributed by atoms with E-state index in [9.17, 15) is 0 Å². The fourth-order valence-electron chi connectivity index (χ4n) is 1.84. The highest BCUT2D eigenvalue weighted by Crippen LogP contribution is 2.31. The van der Waals surface area contributed by atoms with E-state index in [1.54, 1.807) is 23.7 Å². The van der Waals surface area contributed by atoms with Gasteiger partial charge in [-0.25, -0.2) is 4.98 Å². The van der Waals surface area contributed by atoms with Gasteiger partial charge in [-0.2, -0.15) is 0 Å². The first-order valence-corrected chi connectivity index (χ1v) is 7.65. The van der Waals surface area contributed by atoms with Crippen LogP contribution >= 0.6 is 38.9 Å². The molecule has 0 bridgehead atoms. The molecule has 0 fully saturated rings. The Kier molecular flexibility index (Phi) is 3.68. The highest BCUT2D eigenvalue weighted by atomic mass is 79.9. The van der Waals surface area contributed by atoms with Crippen LogP contribution in [-0.2, 0) is 6.54 Å². The minimum Gasteiger partial charge on any atom is -0.378 e. The predicted octanol–water partition coefficient (Wildman–Crippen LogP) is 4.72. The molecule has 19 heavy (non-hydrogen) atoms. The number of thiazole rings is 1. The summed E-state index contributed by atoms with van der Waals surface area (Å²) in [4.78, 5) is 8.57. The lowest BCUT2D eigenvalue weighted by Gasteiger charge is -2.09. The van der Waals surface area contributed by atoms with Gasteiger partial charge in [0.1, 0.15) is 5.01 Å². The molecule has 0 radical (unpaired) electrons. The second-order valence-corrected chi connectivity index (χ2v) is 6.22. The van der Waals surface area contributed by atoms with Gasteiger partial charge in [-0.15, -0.1) is 11.3 Å². The molecule has 0 saturated heterocycles. The maximum Gasteiger partial charge on any atom is 0.112 e. The number of hydrogen-bond donors (Lipinski definition) is 1. The first-order chi connectivity index (χ1) is 9.24. The summed E-state index contributed by atoms with van der Waals surface area (Å²) in [5.41, 5.74) is 1.80. The van der Waals surface area contributed by atoms with Crippen molar-refractivity contribution in [2.75, 3.05) is 5.32 Å². The zero-order valence-electron chi connectivity index (χ0n) is 9.73. The SMILES string of the molecule is Clc1cc(Br)cc2c(NCc3nccs3)ccnc12. The van der Waals surface area contributed by atoms with E-state index in [1.807, 2.05) is 23.6 Å². The molecule has 0 aliphatic carbocycles. The summed E-state index contributed by atoms with van der Waals surface area (Å²) in [5.74, 6) is 0. The number of nitrogens with zero attached hydrogens (tertiary/aromatic N) is 2. The van der Waals surface area contributed by atoms with Gasteiger partial charge in [0.2, 0.25) is 0 Å². The number of fused-ring (bicyclic) bond motifs is 1. The van der Waals surface area contributed by atoms with E-state index >= 15 is 0 Å². The summed E-state index contributed by atoms with van der Waals surface area (Å²) < 4.78 is 0.940. The van der Waals surface area contributed by atoms with Crippen molar-refractivity contribution in [2.45, 2.75) is 6.54 Å². The Morgan fingerprint density at radius 3 is 2.95 bits per heavy atom. The van der Waals surface area contributed by atoms with Crippen LogP contribution < -0.4 is 5.32 Å². The van der Waals surface area contributed by atoms with Crippen LogP contribution in [0.1, 0.15) is 5.01 Å². The zero-order chi connectivity index (χ0) is 13.2. The van der Waals surface area contributed by atoms with Crippen LogP contribution in [-0.4, -0.2) is 9.97 Å². The van der Waals surface area contributed by atoms with Gasteiger partial charge in [-0.05, 0) is 18.2 Å². The molecule has 0 unspecified atom stereocenters. The second-order valence-electron chi connectivity index (χ2n) is 3.92. The molecule has 2 aromatic heterocycles. The lowest BCUT2D eigenvalue weighted by molar-refractivity contribution is 1.11. The summed E-state index contributed by atoms with van der Waals surface area (Å²) in [6.07, 6.45) is 3.56. The largest absolute Gasteiger partial charge is 0.378 e. The van der Waals surface area contributed by atoms with E-state index in [0.717, 1.165) is 26.1 Å². The number of benzene rings is 1. The van der Waals surface area contributed by atoms with Crippen LogP contribution in [0.25, 0.3) is 10.9 Å². The zero-order valence-corrected chi connectivity index (χ0v) is 12.9. The van der Waals surface area contributed by atoms with Crippen molar-refractivity contribution in [3.63, 3.8) is 0 Å². The van der Waals surface area contributed by atoms with Gasteiger partial charge in [-0.3, -0.25) is 4.98 Å². The van der Waals surface area contributed by atoms with Gasteiger partial charge in [-0.1, -0.05) is 27.5 Å². The molecule has 1 aromatic carbocycles. The van der Waals surface area contributed by atoms with E-state index in [1.165, 1.54) is 0 Å². The Balaban J connectivity index is 1.99. The fourth-order valence-corrected chi connectivity index (χ4v) is 3.26. The third-order valence-electron chi connectivity index (χ3n) is 2.68. The molecule has 0 amide bonds. The van der Waals surface area contributed by atoms with Gasteiger partial charge in [0.25, 0.3) is 0 Å². The molecule has 0 spiro atoms. The minimum atomic E-state index is 0.641. The standard InChI is InChI=1S/C13H9BrClN3S/c14-8-5-9-11(18-7-12-16-3-4-19-12)1-2-17-13(9)10(15)6-8/h1-6H,7H2,(H,17,18). The molecule has 3 aromatic rings. The Labute approximate surface area is 127 Å². The number of rotatable bonds is 3. The van der Waals surface area contributed by atoms with Crippen molar-refractivity contribution in [3.8, 4) is 0 Å². The molecule has 0 atom stereocenters. The van der Waals surface area contributed by atoms with Crippen molar-refractivity contribution < 1.29 is 0 Å². The van der Waals surface area contributed by atoms with Crippen LogP contribution in [0.5, 0.6) is 0 Å². The van der Waals surface area contributed by atoms with Crippen molar-refractivity contribution in [1.82, 2.24) is 9.97 Å². The molecule has 0 aliphatic heterocycles. The predicted molar refractivity (Wildman–Crippen MR) is 83.9 cm³/mol. The average molecular weight is 355 g/mol. The van der Waals surface area contributed by atoms with Crippen molar-refractivity contribution in [2.24, 2.45) is 0 Å². The van der Waals surface area contributed by atoms with Crippen molar-refractivity contribution in [1.29, 1.82) is 0 Å². The van der Waals surface area contributed by atoms with Gasteiger partial charge in [0, 0.05) is 33.3 Å². The maximum atomic E-state index is 6.20. The average Bonchev–Trinajstić information content (AvgIpc) is 2.89.